The van der Waals surface area contributed by atoms with Crippen molar-refractivity contribution < 1.29 is 28.0 Å². The SMILES string of the molecule is C=C1CCC(=O)N1OP(=O)(N[C@@H](C)C(=O)OC(C)C)Oc1ccccc1. The molecule has 142 valence electrons. The minimum absolute atomic E-state index is 0.203. The third-order valence-corrected chi connectivity index (χ3v) is 4.89. The molecule has 1 heterocycles. The van der Waals surface area contributed by atoms with Crippen molar-refractivity contribution in [1.29, 1.82) is 0 Å². The van der Waals surface area contributed by atoms with Crippen molar-refractivity contribution >= 4 is 19.6 Å². The maximum absolute atomic E-state index is 13.2. The first-order chi connectivity index (χ1) is 12.2. The molecule has 1 unspecified atom stereocenters. The number of amides is 1. The van der Waals surface area contributed by atoms with Crippen LogP contribution in [0.3, 0.4) is 0 Å². The summed E-state index contributed by atoms with van der Waals surface area (Å²) in [5.41, 5.74) is 0.367. The summed E-state index contributed by atoms with van der Waals surface area (Å²) < 4.78 is 29.1. The number of hydrogen-bond donors (Lipinski definition) is 1. The number of hydroxylamine groups is 2. The third-order valence-electron chi connectivity index (χ3n) is 3.36. The maximum Gasteiger partial charge on any atom is 0.481 e. The van der Waals surface area contributed by atoms with E-state index in [0.717, 1.165) is 5.06 Å². The smallest absolute Gasteiger partial charge is 0.462 e. The van der Waals surface area contributed by atoms with E-state index < -0.39 is 19.8 Å². The van der Waals surface area contributed by atoms with E-state index in [9.17, 15) is 14.2 Å². The standard InChI is InChI=1S/C17H23N2O6P/c1-12(2)23-17(21)14(4)18-26(22,24-15-8-6-5-7-9-15)25-19-13(3)10-11-16(19)20/h5-9,12,14H,3,10-11H2,1-2,4H3,(H,18,22)/t14-,26?/m0/s1. The molecule has 2 atom stereocenters. The van der Waals surface area contributed by atoms with Crippen LogP contribution in [0, 0.1) is 0 Å². The van der Waals surface area contributed by atoms with Crippen molar-refractivity contribution in [2.24, 2.45) is 0 Å². The van der Waals surface area contributed by atoms with E-state index in [0.29, 0.717) is 12.1 Å². The largest absolute Gasteiger partial charge is 0.481 e. The lowest BCUT2D eigenvalue weighted by molar-refractivity contribution is -0.149. The highest BCUT2D eigenvalue weighted by Gasteiger charge is 2.39. The average molecular weight is 382 g/mol. The summed E-state index contributed by atoms with van der Waals surface area (Å²) in [4.78, 5) is 24.0. The summed E-state index contributed by atoms with van der Waals surface area (Å²) in [6.07, 6.45) is 0.270. The van der Waals surface area contributed by atoms with Crippen LogP contribution in [0.4, 0.5) is 0 Å². The minimum Gasteiger partial charge on any atom is -0.462 e. The maximum atomic E-state index is 13.2. The quantitative estimate of drug-likeness (QED) is 0.545. The van der Waals surface area contributed by atoms with Crippen LogP contribution in [0.2, 0.25) is 0 Å². The first kappa shape index (κ1) is 20.2. The molecule has 0 aliphatic carbocycles. The molecule has 0 radical (unpaired) electrons. The molecule has 9 heteroatoms. The van der Waals surface area contributed by atoms with Crippen molar-refractivity contribution in [3.8, 4) is 5.75 Å². The van der Waals surface area contributed by atoms with E-state index in [-0.39, 0.29) is 24.2 Å². The van der Waals surface area contributed by atoms with Crippen molar-refractivity contribution in [3.05, 3.63) is 42.6 Å². The number of esters is 1. The van der Waals surface area contributed by atoms with Gasteiger partial charge in [-0.3, -0.25) is 9.59 Å². The van der Waals surface area contributed by atoms with Gasteiger partial charge < -0.3 is 9.26 Å². The zero-order chi connectivity index (χ0) is 19.3. The Balaban J connectivity index is 2.20. The second-order valence-corrected chi connectivity index (χ2v) is 7.67. The summed E-state index contributed by atoms with van der Waals surface area (Å²) in [5.74, 6) is -0.747. The van der Waals surface area contributed by atoms with E-state index in [2.05, 4.69) is 11.7 Å². The van der Waals surface area contributed by atoms with E-state index in [1.54, 1.807) is 44.2 Å². The van der Waals surface area contributed by atoms with Crippen LogP contribution >= 0.6 is 7.75 Å². The van der Waals surface area contributed by atoms with E-state index >= 15 is 0 Å². The molecule has 1 aliphatic rings. The second kappa shape index (κ2) is 8.49. The van der Waals surface area contributed by atoms with Crippen LogP contribution in [0.1, 0.15) is 33.6 Å². The normalized spacial score (nSPS) is 17.9. The number of nitrogens with zero attached hydrogens (tertiary/aromatic N) is 1. The van der Waals surface area contributed by atoms with Gasteiger partial charge in [0.25, 0.3) is 5.91 Å². The van der Waals surface area contributed by atoms with E-state index in [1.165, 1.54) is 6.92 Å². The fraction of sp³-hybridized carbons (Fsp3) is 0.412. The molecule has 0 saturated carbocycles. The van der Waals surface area contributed by atoms with Gasteiger partial charge in [-0.25, -0.2) is 4.57 Å². The molecule has 1 saturated heterocycles. The molecule has 1 aromatic rings. The lowest BCUT2D eigenvalue weighted by Crippen LogP contribution is -2.38. The Labute approximate surface area is 152 Å². The van der Waals surface area contributed by atoms with Crippen molar-refractivity contribution in [1.82, 2.24) is 10.2 Å². The molecule has 1 aliphatic heterocycles. The van der Waals surface area contributed by atoms with Gasteiger partial charge >= 0.3 is 13.7 Å². The molecule has 8 nitrogen and oxygen atoms in total. The zero-order valence-electron chi connectivity index (χ0n) is 15.0. The van der Waals surface area contributed by atoms with Crippen LogP contribution in [0.25, 0.3) is 0 Å². The third kappa shape index (κ3) is 5.42. The van der Waals surface area contributed by atoms with Crippen LogP contribution in [-0.2, 0) is 23.5 Å². The Kier molecular flexibility index (Phi) is 6.58. The van der Waals surface area contributed by atoms with Gasteiger partial charge in [0.05, 0.1) is 6.10 Å². The van der Waals surface area contributed by atoms with Crippen molar-refractivity contribution in [2.75, 3.05) is 0 Å². The fourth-order valence-corrected chi connectivity index (χ4v) is 3.69. The molecular weight excluding hydrogens is 359 g/mol. The highest BCUT2D eigenvalue weighted by molar-refractivity contribution is 7.52. The zero-order valence-corrected chi connectivity index (χ0v) is 15.9. The summed E-state index contributed by atoms with van der Waals surface area (Å²) in [5, 5.41) is 3.37. The molecule has 0 aromatic heterocycles. The van der Waals surface area contributed by atoms with Crippen molar-refractivity contribution in [3.63, 3.8) is 0 Å². The van der Waals surface area contributed by atoms with Crippen LogP contribution in [0.15, 0.2) is 42.6 Å². The number of carbonyl (C=O) groups is 2. The Morgan fingerprint density at radius 2 is 1.88 bits per heavy atom. The number of ether oxygens (including phenoxy) is 1. The number of benzene rings is 1. The predicted molar refractivity (Wildman–Crippen MR) is 94.8 cm³/mol. The molecule has 1 N–H and O–H groups in total. The number of rotatable bonds is 8. The fourth-order valence-electron chi connectivity index (χ4n) is 2.15. The van der Waals surface area contributed by atoms with Crippen LogP contribution < -0.4 is 9.61 Å². The van der Waals surface area contributed by atoms with Gasteiger partial charge in [0.1, 0.15) is 11.8 Å². The van der Waals surface area contributed by atoms with Gasteiger partial charge in [-0.05, 0) is 39.3 Å². The van der Waals surface area contributed by atoms with Gasteiger partial charge in [0.2, 0.25) is 0 Å². The van der Waals surface area contributed by atoms with Gasteiger partial charge in [0, 0.05) is 12.1 Å². The highest BCUT2D eigenvalue weighted by Crippen LogP contribution is 2.47. The van der Waals surface area contributed by atoms with Gasteiger partial charge in [0.15, 0.2) is 0 Å². The summed E-state index contributed by atoms with van der Waals surface area (Å²) in [6, 6.07) is 7.32. The summed E-state index contributed by atoms with van der Waals surface area (Å²) >= 11 is 0. The monoisotopic (exact) mass is 382 g/mol. The topological polar surface area (TPSA) is 94.2 Å². The molecule has 1 amide bonds. The number of nitrogens with one attached hydrogen (secondary N) is 1. The summed E-state index contributed by atoms with van der Waals surface area (Å²) in [6.45, 7) is 8.59. The minimum atomic E-state index is -4.13. The predicted octanol–water partition coefficient (Wildman–Crippen LogP) is 3.17. The average Bonchev–Trinajstić information content (AvgIpc) is 2.86. The molecule has 1 aromatic carbocycles. The molecule has 0 spiro atoms. The molecule has 2 rings (SSSR count). The Morgan fingerprint density at radius 3 is 2.42 bits per heavy atom. The van der Waals surface area contributed by atoms with Crippen molar-refractivity contribution in [2.45, 2.75) is 45.8 Å². The van der Waals surface area contributed by atoms with Gasteiger partial charge in [-0.2, -0.15) is 14.8 Å². The van der Waals surface area contributed by atoms with E-state index in [1.807, 2.05) is 0 Å². The van der Waals surface area contributed by atoms with Gasteiger partial charge in [-0.1, -0.05) is 24.8 Å². The number of allylic oxidation sites excluding steroid dienone is 1. The Bertz CT molecular complexity index is 705. The molecule has 0 bridgehead atoms. The van der Waals surface area contributed by atoms with Gasteiger partial charge in [-0.15, -0.1) is 0 Å². The molecular formula is C17H23N2O6P. The second-order valence-electron chi connectivity index (χ2n) is 6.07. The number of carbonyl (C=O) groups excluding carboxylic acids is 2. The molecule has 26 heavy (non-hydrogen) atoms. The first-order valence-electron chi connectivity index (χ1n) is 8.23. The number of para-hydroxylation sites is 1. The summed E-state index contributed by atoms with van der Waals surface area (Å²) in [7, 11) is -4.13. The Hall–Kier alpha value is -2.15. The van der Waals surface area contributed by atoms with Crippen LogP contribution in [-0.4, -0.2) is 29.1 Å². The molecule has 1 fully saturated rings. The highest BCUT2D eigenvalue weighted by atomic mass is 31.2. The lowest BCUT2D eigenvalue weighted by atomic mass is 10.3. The first-order valence-corrected chi connectivity index (χ1v) is 9.78. The lowest BCUT2D eigenvalue weighted by Gasteiger charge is -2.26. The van der Waals surface area contributed by atoms with E-state index in [4.69, 9.17) is 13.9 Å². The number of hydrogen-bond acceptors (Lipinski definition) is 6. The Morgan fingerprint density at radius 1 is 1.23 bits per heavy atom. The van der Waals surface area contributed by atoms with Crippen LogP contribution in [0.5, 0.6) is 5.75 Å².